The van der Waals surface area contributed by atoms with E-state index in [-0.39, 0.29) is 5.41 Å². The van der Waals surface area contributed by atoms with Crippen LogP contribution < -0.4 is 0 Å². The fraction of sp³-hybridized carbons (Fsp3) is 0.136. The van der Waals surface area contributed by atoms with Crippen molar-refractivity contribution in [3.05, 3.63) is 156 Å². The lowest BCUT2D eigenvalue weighted by Crippen LogP contribution is -2.10. The highest BCUT2D eigenvalue weighted by molar-refractivity contribution is 6.08. The predicted molar refractivity (Wildman–Crippen MR) is 191 cm³/mol. The number of hydrogen-bond acceptors (Lipinski definition) is 0. The molecule has 0 heteroatoms. The van der Waals surface area contributed by atoms with Crippen molar-refractivity contribution in [1.82, 2.24) is 0 Å². The summed E-state index contributed by atoms with van der Waals surface area (Å²) in [4.78, 5) is 0. The van der Waals surface area contributed by atoms with Crippen molar-refractivity contribution in [3.63, 3.8) is 0 Å². The molecule has 0 atom stereocenters. The fourth-order valence-corrected chi connectivity index (χ4v) is 7.01. The number of benzene rings is 7. The molecule has 44 heavy (non-hydrogen) atoms. The van der Waals surface area contributed by atoms with Gasteiger partial charge in [0.1, 0.15) is 0 Å². The molecule has 0 aliphatic heterocycles. The first-order chi connectivity index (χ1) is 21.4. The van der Waals surface area contributed by atoms with Crippen molar-refractivity contribution >= 4 is 44.0 Å². The Bertz CT molecular complexity index is 2250. The average Bonchev–Trinajstić information content (AvgIpc) is 3.07. The van der Waals surface area contributed by atoms with Gasteiger partial charge in [0.05, 0.1) is 0 Å². The van der Waals surface area contributed by atoms with Crippen LogP contribution in [-0.4, -0.2) is 0 Å². The number of aryl methyl sites for hydroxylation is 1. The van der Waals surface area contributed by atoms with Crippen molar-refractivity contribution < 1.29 is 0 Å². The number of hydrogen-bond donors (Lipinski definition) is 0. The van der Waals surface area contributed by atoms with Crippen LogP contribution >= 0.6 is 0 Å². The molecule has 0 N–H and O–H groups in total. The van der Waals surface area contributed by atoms with Crippen LogP contribution in [0.2, 0.25) is 0 Å². The van der Waals surface area contributed by atoms with Gasteiger partial charge in [-0.15, -0.1) is 0 Å². The third kappa shape index (κ3) is 4.72. The van der Waals surface area contributed by atoms with E-state index in [0.29, 0.717) is 0 Å². The molecule has 1 aliphatic carbocycles. The highest BCUT2D eigenvalue weighted by Gasteiger charge is 2.18. The minimum Gasteiger partial charge on any atom is -0.0616 e. The van der Waals surface area contributed by atoms with E-state index in [1.165, 1.54) is 82.4 Å². The van der Waals surface area contributed by atoms with E-state index in [1.807, 2.05) is 0 Å². The summed E-state index contributed by atoms with van der Waals surface area (Å²) in [6.07, 6.45) is 4.55. The Kier molecular flexibility index (Phi) is 6.27. The molecule has 0 fully saturated rings. The summed E-state index contributed by atoms with van der Waals surface area (Å²) < 4.78 is 0. The Balaban J connectivity index is 1.12. The van der Waals surface area contributed by atoms with E-state index < -0.39 is 0 Å². The maximum absolute atomic E-state index is 2.42. The first kappa shape index (κ1) is 26.7. The van der Waals surface area contributed by atoms with Gasteiger partial charge in [0.2, 0.25) is 0 Å². The largest absolute Gasteiger partial charge is 0.0616 e. The molecule has 0 spiro atoms. The van der Waals surface area contributed by atoms with E-state index in [9.17, 15) is 0 Å². The number of fused-ring (bicyclic) bond motifs is 6. The van der Waals surface area contributed by atoms with Gasteiger partial charge in [-0.25, -0.2) is 0 Å². The summed E-state index contributed by atoms with van der Waals surface area (Å²) >= 11 is 0. The normalized spacial score (nSPS) is 13.3. The summed E-state index contributed by atoms with van der Waals surface area (Å²) in [5, 5.41) is 7.94. The maximum Gasteiger partial charge on any atom is -0.0105 e. The second kappa shape index (κ2) is 10.4. The van der Waals surface area contributed by atoms with Crippen molar-refractivity contribution in [3.8, 4) is 22.3 Å². The fourth-order valence-electron chi connectivity index (χ4n) is 7.01. The highest BCUT2D eigenvalue weighted by atomic mass is 14.2. The van der Waals surface area contributed by atoms with E-state index >= 15 is 0 Å². The summed E-state index contributed by atoms with van der Waals surface area (Å²) in [5.74, 6) is 0. The smallest absolute Gasteiger partial charge is 0.0105 e. The third-order valence-electron chi connectivity index (χ3n) is 9.52. The molecule has 0 saturated carbocycles. The van der Waals surface area contributed by atoms with Gasteiger partial charge in [-0.05, 0) is 119 Å². The molecule has 7 aromatic carbocycles. The second-order valence-corrected chi connectivity index (χ2v) is 13.4. The molecule has 8 rings (SSSR count). The molecule has 0 bridgehead atoms. The second-order valence-electron chi connectivity index (χ2n) is 13.4. The van der Waals surface area contributed by atoms with Crippen LogP contribution in [0.4, 0.5) is 0 Å². The predicted octanol–water partition coefficient (Wildman–Crippen LogP) is 12.3. The molecule has 0 aromatic heterocycles. The van der Waals surface area contributed by atoms with Crippen molar-refractivity contribution in [2.75, 3.05) is 0 Å². The standard InChI is InChI=1S/C44H36/c1-44(2,3)39-20-23-43-38(28-39)17-16-37-27-35(19-22-42(37)43)33-12-7-10-31(25-33)30-9-6-11-32(24-30)34-18-21-41-36(26-34)15-14-29-8-4-5-13-40(29)41/h4-18,20-21,23-28H,19,22H2,1-3H3. The van der Waals surface area contributed by atoms with Gasteiger partial charge in [-0.3, -0.25) is 0 Å². The zero-order valence-corrected chi connectivity index (χ0v) is 25.7. The molecular formula is C44H36. The first-order valence-electron chi connectivity index (χ1n) is 15.8. The Morgan fingerprint density at radius 3 is 1.84 bits per heavy atom. The topological polar surface area (TPSA) is 0 Å². The lowest BCUT2D eigenvalue weighted by atomic mass is 9.82. The van der Waals surface area contributed by atoms with Crippen LogP contribution in [0.15, 0.2) is 133 Å². The van der Waals surface area contributed by atoms with Gasteiger partial charge in [-0.2, -0.15) is 0 Å². The zero-order chi connectivity index (χ0) is 29.8. The van der Waals surface area contributed by atoms with E-state index in [2.05, 4.69) is 160 Å². The van der Waals surface area contributed by atoms with Crippen LogP contribution in [-0.2, 0) is 11.8 Å². The zero-order valence-electron chi connectivity index (χ0n) is 25.7. The van der Waals surface area contributed by atoms with Crippen LogP contribution in [0.3, 0.4) is 0 Å². The molecule has 0 radical (unpaired) electrons. The maximum atomic E-state index is 2.42. The lowest BCUT2D eigenvalue weighted by Gasteiger charge is -2.22. The van der Waals surface area contributed by atoms with Gasteiger partial charge < -0.3 is 0 Å². The third-order valence-corrected chi connectivity index (χ3v) is 9.52. The first-order valence-corrected chi connectivity index (χ1v) is 15.8. The number of allylic oxidation sites excluding steroid dienone is 1. The SMILES string of the molecule is CC(C)(C)c1ccc2c3c(ccc2c1)C=C(c1cccc(-c2cccc(-c4ccc5c(ccc6ccccc65)c4)c2)c1)CC3. The van der Waals surface area contributed by atoms with E-state index in [4.69, 9.17) is 0 Å². The van der Waals surface area contributed by atoms with E-state index in [1.54, 1.807) is 0 Å². The van der Waals surface area contributed by atoms with Gasteiger partial charge in [0, 0.05) is 0 Å². The van der Waals surface area contributed by atoms with Gasteiger partial charge >= 0.3 is 0 Å². The monoisotopic (exact) mass is 564 g/mol. The lowest BCUT2D eigenvalue weighted by molar-refractivity contribution is 0.591. The van der Waals surface area contributed by atoms with Gasteiger partial charge in [0.25, 0.3) is 0 Å². The summed E-state index contributed by atoms with van der Waals surface area (Å²) in [6, 6.07) is 49.8. The molecular weight excluding hydrogens is 528 g/mol. The average molecular weight is 565 g/mol. The van der Waals surface area contributed by atoms with Gasteiger partial charge in [-0.1, -0.05) is 142 Å². The van der Waals surface area contributed by atoms with Crippen LogP contribution in [0.5, 0.6) is 0 Å². The molecule has 0 saturated heterocycles. The van der Waals surface area contributed by atoms with E-state index in [0.717, 1.165) is 12.8 Å². The summed E-state index contributed by atoms with van der Waals surface area (Å²) in [5.41, 5.74) is 12.1. The molecule has 212 valence electrons. The van der Waals surface area contributed by atoms with Gasteiger partial charge in [0.15, 0.2) is 0 Å². The minimum atomic E-state index is 0.159. The Labute approximate surface area is 260 Å². The molecule has 0 amide bonds. The van der Waals surface area contributed by atoms with Crippen LogP contribution in [0, 0.1) is 0 Å². The molecule has 7 aromatic rings. The highest BCUT2D eigenvalue weighted by Crippen LogP contribution is 2.38. The molecule has 1 aliphatic rings. The Morgan fingerprint density at radius 2 is 1.05 bits per heavy atom. The number of rotatable bonds is 3. The molecule has 0 nitrogen and oxygen atoms in total. The molecule has 0 unspecified atom stereocenters. The quantitative estimate of drug-likeness (QED) is 0.187. The van der Waals surface area contributed by atoms with Crippen molar-refractivity contribution in [2.45, 2.75) is 39.0 Å². The van der Waals surface area contributed by atoms with Crippen molar-refractivity contribution in [2.24, 2.45) is 0 Å². The minimum absolute atomic E-state index is 0.159. The Morgan fingerprint density at radius 1 is 0.432 bits per heavy atom. The Hall–Kier alpha value is -4.94. The van der Waals surface area contributed by atoms with Crippen LogP contribution in [0.1, 0.15) is 49.4 Å². The summed E-state index contributed by atoms with van der Waals surface area (Å²) in [6.45, 7) is 6.87. The summed E-state index contributed by atoms with van der Waals surface area (Å²) in [7, 11) is 0. The molecule has 0 heterocycles. The van der Waals surface area contributed by atoms with Crippen molar-refractivity contribution in [1.29, 1.82) is 0 Å². The van der Waals surface area contributed by atoms with Crippen LogP contribution in [0.25, 0.3) is 66.2 Å².